The minimum absolute atomic E-state index is 0.0916. The molecule has 2 aromatic carbocycles. The van der Waals surface area contributed by atoms with Gasteiger partial charge in [0.1, 0.15) is 17.4 Å². The fourth-order valence-corrected chi connectivity index (χ4v) is 2.64. The highest BCUT2D eigenvalue weighted by Crippen LogP contribution is 2.31. The van der Waals surface area contributed by atoms with E-state index in [9.17, 15) is 50.4 Å². The number of rotatable bonds is 11. The van der Waals surface area contributed by atoms with Crippen LogP contribution in [0.3, 0.4) is 0 Å². The first-order valence-electron chi connectivity index (χ1n) is 8.60. The summed E-state index contributed by atoms with van der Waals surface area (Å²) in [5.74, 6) is -1.40. The van der Waals surface area contributed by atoms with Crippen molar-refractivity contribution in [2.45, 2.75) is 12.5 Å². The van der Waals surface area contributed by atoms with Crippen molar-refractivity contribution < 1.29 is 29.6 Å². The van der Waals surface area contributed by atoms with Gasteiger partial charge in [0.25, 0.3) is 22.7 Å². The molecule has 0 aliphatic carbocycles. The third-order valence-corrected chi connectivity index (χ3v) is 4.15. The largest absolute Gasteiger partial charge is 0.480 e. The molecule has 2 rings (SSSR count). The van der Waals surface area contributed by atoms with Gasteiger partial charge < -0.3 is 15.7 Å². The Morgan fingerprint density at radius 1 is 0.812 bits per heavy atom. The van der Waals surface area contributed by atoms with Crippen LogP contribution in [0, 0.1) is 40.5 Å². The van der Waals surface area contributed by atoms with Crippen LogP contribution in [-0.2, 0) is 4.79 Å². The standard InChI is InChI=1S/C16H14N6O10/c23-16(24)13(18-12-4-2-10(20(27)28)8-15(12)22(31)32)5-6-17-11-3-1-9(19(25)26)7-14(11)21(29)30/h1-4,7-8,13,17-18H,5-6H2,(H,23,24)/t13-/m0/s1. The Morgan fingerprint density at radius 3 is 1.72 bits per heavy atom. The van der Waals surface area contributed by atoms with Gasteiger partial charge in [-0.05, 0) is 18.6 Å². The summed E-state index contributed by atoms with van der Waals surface area (Å²) in [4.78, 5) is 52.1. The van der Waals surface area contributed by atoms with Crippen molar-refractivity contribution in [3.8, 4) is 0 Å². The third-order valence-electron chi connectivity index (χ3n) is 4.15. The van der Waals surface area contributed by atoms with Gasteiger partial charge in [0.05, 0.1) is 31.8 Å². The zero-order chi connectivity index (χ0) is 24.0. The quantitative estimate of drug-likeness (QED) is 0.331. The Balaban J connectivity index is 2.17. The number of hydrogen-bond donors (Lipinski definition) is 3. The molecule has 0 spiro atoms. The number of aliphatic carboxylic acids is 1. The summed E-state index contributed by atoms with van der Waals surface area (Å²) in [7, 11) is 0. The molecule has 1 atom stereocenters. The predicted octanol–water partition coefficient (Wildman–Crippen LogP) is 2.69. The lowest BCUT2D eigenvalue weighted by molar-refractivity contribution is -0.393. The van der Waals surface area contributed by atoms with E-state index in [1.54, 1.807) is 0 Å². The third kappa shape index (κ3) is 5.59. The molecule has 0 aliphatic rings. The van der Waals surface area contributed by atoms with Gasteiger partial charge in [-0.2, -0.15) is 0 Å². The van der Waals surface area contributed by atoms with Crippen molar-refractivity contribution in [3.05, 3.63) is 76.9 Å². The number of nitro groups is 4. The van der Waals surface area contributed by atoms with Gasteiger partial charge in [-0.15, -0.1) is 0 Å². The molecule has 0 fully saturated rings. The minimum atomic E-state index is -1.40. The van der Waals surface area contributed by atoms with E-state index in [1.807, 2.05) is 0 Å². The van der Waals surface area contributed by atoms with Crippen molar-refractivity contribution >= 4 is 40.1 Å². The zero-order valence-electron chi connectivity index (χ0n) is 15.9. The molecule has 0 bridgehead atoms. The molecular formula is C16H14N6O10. The van der Waals surface area contributed by atoms with E-state index in [1.165, 1.54) is 0 Å². The Labute approximate surface area is 177 Å². The number of carboxylic acid groups (broad SMARTS) is 1. The molecule has 0 amide bonds. The molecular weight excluding hydrogens is 436 g/mol. The normalized spacial score (nSPS) is 11.2. The number of nitro benzene ring substituents is 4. The number of hydrogen-bond acceptors (Lipinski definition) is 11. The summed E-state index contributed by atoms with van der Waals surface area (Å²) < 4.78 is 0. The molecule has 2 aromatic rings. The predicted molar refractivity (Wildman–Crippen MR) is 108 cm³/mol. The summed E-state index contributed by atoms with van der Waals surface area (Å²) >= 11 is 0. The maximum Gasteiger partial charge on any atom is 0.326 e. The molecule has 0 saturated carbocycles. The fourth-order valence-electron chi connectivity index (χ4n) is 2.64. The first kappa shape index (κ1) is 23.4. The Hall–Kier alpha value is -4.89. The van der Waals surface area contributed by atoms with Crippen molar-refractivity contribution in [3.63, 3.8) is 0 Å². The molecule has 3 N–H and O–H groups in total. The van der Waals surface area contributed by atoms with E-state index in [0.29, 0.717) is 6.07 Å². The summed E-state index contributed by atoms with van der Waals surface area (Å²) in [6.07, 6.45) is -0.225. The maximum absolute atomic E-state index is 11.5. The van der Waals surface area contributed by atoms with Gasteiger partial charge in [-0.3, -0.25) is 40.5 Å². The lowest BCUT2D eigenvalue weighted by atomic mass is 10.1. The number of anilines is 2. The smallest absolute Gasteiger partial charge is 0.326 e. The van der Waals surface area contributed by atoms with Crippen molar-refractivity contribution in [2.24, 2.45) is 0 Å². The summed E-state index contributed by atoms with van der Waals surface area (Å²) in [6.45, 7) is -0.163. The van der Waals surface area contributed by atoms with E-state index < -0.39 is 54.5 Å². The van der Waals surface area contributed by atoms with E-state index >= 15 is 0 Å². The Kier molecular flexibility index (Phi) is 7.12. The molecule has 0 heterocycles. The van der Waals surface area contributed by atoms with Crippen LogP contribution in [0.1, 0.15) is 6.42 Å². The number of carboxylic acids is 1. The SMILES string of the molecule is O=C(O)[C@H](CCNc1ccc([N+](=O)[O-])cc1[N+](=O)[O-])Nc1ccc([N+](=O)[O-])cc1[N+](=O)[O-]. The second-order valence-corrected chi connectivity index (χ2v) is 6.18. The van der Waals surface area contributed by atoms with Gasteiger partial charge in [0.15, 0.2) is 0 Å². The van der Waals surface area contributed by atoms with Gasteiger partial charge in [0.2, 0.25) is 0 Å². The van der Waals surface area contributed by atoms with Crippen LogP contribution in [0.2, 0.25) is 0 Å². The number of carbonyl (C=O) groups is 1. The van der Waals surface area contributed by atoms with Gasteiger partial charge in [0, 0.05) is 18.7 Å². The second-order valence-electron chi connectivity index (χ2n) is 6.18. The molecule has 32 heavy (non-hydrogen) atoms. The first-order chi connectivity index (χ1) is 15.0. The van der Waals surface area contributed by atoms with Crippen LogP contribution < -0.4 is 10.6 Å². The molecule has 0 radical (unpaired) electrons. The molecule has 0 aromatic heterocycles. The van der Waals surface area contributed by atoms with E-state index in [4.69, 9.17) is 0 Å². The van der Waals surface area contributed by atoms with Gasteiger partial charge in [-0.25, -0.2) is 4.79 Å². The van der Waals surface area contributed by atoms with Gasteiger partial charge >= 0.3 is 5.97 Å². The topological polar surface area (TPSA) is 234 Å². The van der Waals surface area contributed by atoms with E-state index in [0.717, 1.165) is 30.3 Å². The highest BCUT2D eigenvalue weighted by Gasteiger charge is 2.25. The lowest BCUT2D eigenvalue weighted by Crippen LogP contribution is -2.31. The van der Waals surface area contributed by atoms with E-state index in [-0.39, 0.29) is 24.3 Å². The lowest BCUT2D eigenvalue weighted by Gasteiger charge is -2.16. The number of nitrogens with one attached hydrogen (secondary N) is 2. The van der Waals surface area contributed by atoms with E-state index in [2.05, 4.69) is 10.6 Å². The van der Waals surface area contributed by atoms with Gasteiger partial charge in [-0.1, -0.05) is 0 Å². The monoisotopic (exact) mass is 450 g/mol. The van der Waals surface area contributed by atoms with Crippen molar-refractivity contribution in [2.75, 3.05) is 17.2 Å². The number of non-ortho nitro benzene ring substituents is 2. The van der Waals surface area contributed by atoms with Crippen LogP contribution in [0.25, 0.3) is 0 Å². The average Bonchev–Trinajstić information content (AvgIpc) is 2.72. The average molecular weight is 450 g/mol. The molecule has 168 valence electrons. The Bertz CT molecular complexity index is 1100. The molecule has 16 nitrogen and oxygen atoms in total. The van der Waals surface area contributed by atoms with Crippen LogP contribution in [0.15, 0.2) is 36.4 Å². The van der Waals surface area contributed by atoms with Crippen molar-refractivity contribution in [1.82, 2.24) is 0 Å². The highest BCUT2D eigenvalue weighted by atomic mass is 16.6. The molecule has 16 heteroatoms. The van der Waals surface area contributed by atoms with Crippen LogP contribution in [0.4, 0.5) is 34.1 Å². The first-order valence-corrected chi connectivity index (χ1v) is 8.60. The van der Waals surface area contributed by atoms with Crippen LogP contribution >= 0.6 is 0 Å². The fraction of sp³-hybridized carbons (Fsp3) is 0.188. The summed E-state index contributed by atoms with van der Waals surface area (Å²) in [5, 5.41) is 58.3. The molecule has 0 unspecified atom stereocenters. The Morgan fingerprint density at radius 2 is 1.28 bits per heavy atom. The molecule has 0 saturated heterocycles. The number of nitrogens with zero attached hydrogens (tertiary/aromatic N) is 4. The second kappa shape index (κ2) is 9.74. The maximum atomic E-state index is 11.5. The summed E-state index contributed by atoms with van der Waals surface area (Å²) in [6, 6.07) is 4.12. The minimum Gasteiger partial charge on any atom is -0.480 e. The zero-order valence-corrected chi connectivity index (χ0v) is 15.9. The van der Waals surface area contributed by atoms with Crippen LogP contribution in [-0.4, -0.2) is 43.4 Å². The molecule has 0 aliphatic heterocycles. The summed E-state index contributed by atoms with van der Waals surface area (Å²) in [5.41, 5.74) is -2.71. The number of benzene rings is 2. The highest BCUT2D eigenvalue weighted by molar-refractivity contribution is 5.79. The van der Waals surface area contributed by atoms with Crippen molar-refractivity contribution in [1.29, 1.82) is 0 Å². The van der Waals surface area contributed by atoms with Crippen LogP contribution in [0.5, 0.6) is 0 Å².